The van der Waals surface area contributed by atoms with Gasteiger partial charge in [0.15, 0.2) is 0 Å². The zero-order valence-electron chi connectivity index (χ0n) is 11.9. The summed E-state index contributed by atoms with van der Waals surface area (Å²) in [5.41, 5.74) is 1.06. The first-order valence-corrected chi connectivity index (χ1v) is 7.54. The summed E-state index contributed by atoms with van der Waals surface area (Å²) >= 11 is 1.12. The summed E-state index contributed by atoms with van der Waals surface area (Å²) < 4.78 is 4.88. The van der Waals surface area contributed by atoms with Crippen LogP contribution in [0.1, 0.15) is 34.1 Å². The lowest BCUT2D eigenvalue weighted by Gasteiger charge is -2.19. The molecular formula is C15H16N2O3S. The molecule has 0 aliphatic rings. The van der Waals surface area contributed by atoms with Gasteiger partial charge in [-0.1, -0.05) is 18.2 Å². The number of thiazole rings is 1. The first-order valence-electron chi connectivity index (χ1n) is 6.67. The molecule has 110 valence electrons. The Balaban J connectivity index is 2.21. The highest BCUT2D eigenvalue weighted by molar-refractivity contribution is 7.11. The van der Waals surface area contributed by atoms with Gasteiger partial charge in [-0.05, 0) is 26.0 Å². The highest BCUT2D eigenvalue weighted by Gasteiger charge is 2.21. The number of anilines is 1. The maximum atomic E-state index is 12.5. The fourth-order valence-electron chi connectivity index (χ4n) is 1.85. The number of nitrogens with zero attached hydrogens (tertiary/aromatic N) is 2. The lowest BCUT2D eigenvalue weighted by Crippen LogP contribution is -2.30. The number of ether oxygens (including phenoxy) is 1. The number of esters is 1. The monoisotopic (exact) mass is 304 g/mol. The Morgan fingerprint density at radius 2 is 1.95 bits per heavy atom. The molecule has 2 rings (SSSR count). The van der Waals surface area contributed by atoms with Crippen LogP contribution in [0.4, 0.5) is 5.69 Å². The largest absolute Gasteiger partial charge is 0.461 e. The fraction of sp³-hybridized carbons (Fsp3) is 0.267. The Bertz CT molecular complexity index is 625. The van der Waals surface area contributed by atoms with E-state index in [1.807, 2.05) is 37.3 Å². The molecule has 0 spiro atoms. The molecule has 5 nitrogen and oxygen atoms in total. The first kappa shape index (κ1) is 15.2. The van der Waals surface area contributed by atoms with E-state index in [1.54, 1.807) is 17.2 Å². The van der Waals surface area contributed by atoms with Gasteiger partial charge in [-0.25, -0.2) is 9.78 Å². The second-order valence-electron chi connectivity index (χ2n) is 4.14. The molecule has 0 saturated heterocycles. The molecule has 1 heterocycles. The SMILES string of the molecule is CCOC(=O)c1nc(C(=O)N(CC)c2ccccc2)cs1. The van der Waals surface area contributed by atoms with Crippen molar-refractivity contribution in [3.63, 3.8) is 0 Å². The second-order valence-corrected chi connectivity index (χ2v) is 5.00. The van der Waals surface area contributed by atoms with Crippen molar-refractivity contribution in [2.45, 2.75) is 13.8 Å². The quantitative estimate of drug-likeness (QED) is 0.797. The molecular weight excluding hydrogens is 288 g/mol. The molecule has 6 heteroatoms. The summed E-state index contributed by atoms with van der Waals surface area (Å²) in [5, 5.41) is 1.78. The Hall–Kier alpha value is -2.21. The number of benzene rings is 1. The molecule has 0 atom stereocenters. The van der Waals surface area contributed by atoms with E-state index in [0.29, 0.717) is 6.54 Å². The zero-order chi connectivity index (χ0) is 15.2. The normalized spacial score (nSPS) is 10.2. The predicted octanol–water partition coefficient (Wildman–Crippen LogP) is 2.99. The average Bonchev–Trinajstić information content (AvgIpc) is 2.99. The number of rotatable bonds is 5. The minimum atomic E-state index is -0.496. The van der Waals surface area contributed by atoms with Crippen molar-refractivity contribution in [2.75, 3.05) is 18.1 Å². The molecule has 0 aliphatic carbocycles. The van der Waals surface area contributed by atoms with Crippen molar-refractivity contribution in [1.29, 1.82) is 0 Å². The molecule has 0 unspecified atom stereocenters. The summed E-state index contributed by atoms with van der Waals surface area (Å²) in [6.45, 7) is 4.43. The fourth-order valence-corrected chi connectivity index (χ4v) is 2.53. The van der Waals surface area contributed by atoms with Gasteiger partial charge in [0.1, 0.15) is 5.69 Å². The maximum absolute atomic E-state index is 12.5. The van der Waals surface area contributed by atoms with Gasteiger partial charge in [-0.2, -0.15) is 0 Å². The van der Waals surface area contributed by atoms with Gasteiger partial charge in [-0.15, -0.1) is 11.3 Å². The molecule has 0 radical (unpaired) electrons. The number of aromatic nitrogens is 1. The van der Waals surface area contributed by atoms with E-state index in [1.165, 1.54) is 0 Å². The van der Waals surface area contributed by atoms with Crippen LogP contribution in [0.2, 0.25) is 0 Å². The Kier molecular flexibility index (Phi) is 5.05. The third-order valence-electron chi connectivity index (χ3n) is 2.80. The number of amides is 1. The van der Waals surface area contributed by atoms with Crippen LogP contribution in [0.25, 0.3) is 0 Å². The highest BCUT2D eigenvalue weighted by atomic mass is 32.1. The van der Waals surface area contributed by atoms with Gasteiger partial charge in [-0.3, -0.25) is 4.79 Å². The van der Waals surface area contributed by atoms with E-state index in [9.17, 15) is 9.59 Å². The van der Waals surface area contributed by atoms with Crippen molar-refractivity contribution in [3.8, 4) is 0 Å². The van der Waals surface area contributed by atoms with Gasteiger partial charge in [0.2, 0.25) is 5.01 Å². The molecule has 0 bridgehead atoms. The van der Waals surface area contributed by atoms with Crippen molar-refractivity contribution in [1.82, 2.24) is 4.98 Å². The standard InChI is InChI=1S/C15H16N2O3S/c1-3-17(11-8-6-5-7-9-11)14(18)12-10-21-13(16-12)15(19)20-4-2/h5-10H,3-4H2,1-2H3. The van der Waals surface area contributed by atoms with E-state index in [2.05, 4.69) is 4.98 Å². The zero-order valence-corrected chi connectivity index (χ0v) is 12.7. The summed E-state index contributed by atoms with van der Waals surface area (Å²) in [4.78, 5) is 29.8. The van der Waals surface area contributed by atoms with Crippen molar-refractivity contribution in [3.05, 3.63) is 46.4 Å². The first-order chi connectivity index (χ1) is 10.2. The molecule has 21 heavy (non-hydrogen) atoms. The number of hydrogen-bond acceptors (Lipinski definition) is 5. The lowest BCUT2D eigenvalue weighted by molar-refractivity contribution is 0.0526. The van der Waals surface area contributed by atoms with E-state index in [-0.39, 0.29) is 23.2 Å². The molecule has 1 aromatic carbocycles. The van der Waals surface area contributed by atoms with E-state index in [4.69, 9.17) is 4.74 Å². The number of carbonyl (C=O) groups is 2. The number of carbonyl (C=O) groups excluding carboxylic acids is 2. The summed E-state index contributed by atoms with van der Waals surface area (Å²) in [5.74, 6) is -0.722. The van der Waals surface area contributed by atoms with Crippen LogP contribution in [0.5, 0.6) is 0 Å². The van der Waals surface area contributed by atoms with E-state index < -0.39 is 5.97 Å². The van der Waals surface area contributed by atoms with E-state index >= 15 is 0 Å². The van der Waals surface area contributed by atoms with Crippen LogP contribution < -0.4 is 4.90 Å². The predicted molar refractivity (Wildman–Crippen MR) is 81.9 cm³/mol. The van der Waals surface area contributed by atoms with Gasteiger partial charge < -0.3 is 9.64 Å². The average molecular weight is 304 g/mol. The van der Waals surface area contributed by atoms with Crippen molar-refractivity contribution >= 4 is 28.9 Å². The molecule has 1 amide bonds. The Labute approximate surface area is 127 Å². The Morgan fingerprint density at radius 3 is 2.57 bits per heavy atom. The Morgan fingerprint density at radius 1 is 1.24 bits per heavy atom. The van der Waals surface area contributed by atoms with Gasteiger partial charge in [0, 0.05) is 17.6 Å². The summed E-state index contributed by atoms with van der Waals surface area (Å²) in [7, 11) is 0. The van der Waals surface area contributed by atoms with Crippen LogP contribution in [-0.2, 0) is 4.74 Å². The van der Waals surface area contributed by atoms with Crippen molar-refractivity contribution in [2.24, 2.45) is 0 Å². The van der Waals surface area contributed by atoms with Gasteiger partial charge in [0.25, 0.3) is 5.91 Å². The van der Waals surface area contributed by atoms with Crippen LogP contribution in [0.3, 0.4) is 0 Å². The minimum absolute atomic E-state index is 0.198. The number of hydrogen-bond donors (Lipinski definition) is 0. The summed E-state index contributed by atoms with van der Waals surface area (Å²) in [6.07, 6.45) is 0. The van der Waals surface area contributed by atoms with Crippen molar-refractivity contribution < 1.29 is 14.3 Å². The van der Waals surface area contributed by atoms with Crippen LogP contribution in [0, 0.1) is 0 Å². The third kappa shape index (κ3) is 3.46. The van der Waals surface area contributed by atoms with Crippen LogP contribution in [-0.4, -0.2) is 30.0 Å². The van der Waals surface area contributed by atoms with Crippen LogP contribution in [0.15, 0.2) is 35.7 Å². The van der Waals surface area contributed by atoms with Gasteiger partial charge >= 0.3 is 5.97 Å². The van der Waals surface area contributed by atoms with E-state index in [0.717, 1.165) is 17.0 Å². The molecule has 0 saturated carbocycles. The second kappa shape index (κ2) is 6.99. The maximum Gasteiger partial charge on any atom is 0.367 e. The molecule has 0 fully saturated rings. The molecule has 1 aromatic heterocycles. The topological polar surface area (TPSA) is 59.5 Å². The number of para-hydroxylation sites is 1. The van der Waals surface area contributed by atoms with Gasteiger partial charge in [0.05, 0.1) is 6.61 Å². The smallest absolute Gasteiger partial charge is 0.367 e. The minimum Gasteiger partial charge on any atom is -0.461 e. The molecule has 0 N–H and O–H groups in total. The highest BCUT2D eigenvalue weighted by Crippen LogP contribution is 2.18. The molecule has 0 aliphatic heterocycles. The lowest BCUT2D eigenvalue weighted by atomic mass is 10.2. The molecule has 2 aromatic rings. The summed E-state index contributed by atoms with van der Waals surface area (Å²) in [6, 6.07) is 9.36. The van der Waals surface area contributed by atoms with Crippen LogP contribution >= 0.6 is 11.3 Å². The third-order valence-corrected chi connectivity index (χ3v) is 3.62.